The number of fused-ring (bicyclic) bond motifs is 1. The smallest absolute Gasteiger partial charge is 0.413 e. The van der Waals surface area contributed by atoms with Crippen molar-refractivity contribution in [3.8, 4) is 0 Å². The summed E-state index contributed by atoms with van der Waals surface area (Å²) in [6, 6.07) is 7.24. The molecular formula is C19H20N2O4S. The molecule has 0 saturated heterocycles. The number of carbonyl (C=O) groups excluding carboxylic acids is 3. The van der Waals surface area contributed by atoms with E-state index in [9.17, 15) is 14.4 Å². The van der Waals surface area contributed by atoms with Crippen LogP contribution in [0, 0.1) is 6.92 Å². The molecule has 6 nitrogen and oxygen atoms in total. The van der Waals surface area contributed by atoms with Gasteiger partial charge in [0.1, 0.15) is 5.00 Å². The largest absolute Gasteiger partial charge is 0.453 e. The Hall–Kier alpha value is -2.67. The normalized spacial score (nSPS) is 12.8. The van der Waals surface area contributed by atoms with Gasteiger partial charge in [0.2, 0.25) is 0 Å². The fraction of sp³-hybridized carbons (Fsp3) is 0.316. The lowest BCUT2D eigenvalue weighted by Crippen LogP contribution is -2.31. The number of thiophene rings is 1. The summed E-state index contributed by atoms with van der Waals surface area (Å²) in [5, 5.41) is 5.53. The van der Waals surface area contributed by atoms with Gasteiger partial charge in [-0.3, -0.25) is 14.9 Å². The Labute approximate surface area is 155 Å². The number of hydrogen-bond donors (Lipinski definition) is 2. The number of alkyl carbamates (subject to hydrolysis) is 1. The van der Waals surface area contributed by atoms with E-state index in [1.165, 1.54) is 18.4 Å². The second kappa shape index (κ2) is 7.70. The van der Waals surface area contributed by atoms with Crippen LogP contribution < -0.4 is 10.6 Å². The number of ether oxygens (including phenoxy) is 1. The summed E-state index contributed by atoms with van der Waals surface area (Å²) >= 11 is 1.41. The highest BCUT2D eigenvalue weighted by molar-refractivity contribution is 7.17. The Balaban J connectivity index is 1.93. The zero-order valence-corrected chi connectivity index (χ0v) is 15.5. The van der Waals surface area contributed by atoms with Gasteiger partial charge < -0.3 is 10.1 Å². The van der Waals surface area contributed by atoms with E-state index in [4.69, 9.17) is 0 Å². The van der Waals surface area contributed by atoms with Crippen LogP contribution in [0.3, 0.4) is 0 Å². The second-order valence-electron chi connectivity index (χ2n) is 6.18. The number of anilines is 1. The van der Waals surface area contributed by atoms with Crippen LogP contribution in [0.1, 0.15) is 49.6 Å². The Bertz CT molecular complexity index is 872. The molecule has 0 spiro atoms. The van der Waals surface area contributed by atoms with Crippen molar-refractivity contribution in [2.24, 2.45) is 0 Å². The highest BCUT2D eigenvalue weighted by Gasteiger charge is 2.27. The van der Waals surface area contributed by atoms with Crippen molar-refractivity contribution < 1.29 is 19.1 Å². The first kappa shape index (κ1) is 18.1. The van der Waals surface area contributed by atoms with E-state index in [0.29, 0.717) is 16.1 Å². The zero-order chi connectivity index (χ0) is 18.7. The molecule has 26 heavy (non-hydrogen) atoms. The van der Waals surface area contributed by atoms with Crippen molar-refractivity contribution >= 4 is 34.2 Å². The monoisotopic (exact) mass is 372 g/mol. The van der Waals surface area contributed by atoms with Crippen molar-refractivity contribution in [3.63, 3.8) is 0 Å². The van der Waals surface area contributed by atoms with E-state index in [1.54, 1.807) is 12.1 Å². The number of nitrogens with one attached hydrogen (secondary N) is 2. The van der Waals surface area contributed by atoms with E-state index in [-0.39, 0.29) is 5.91 Å². The predicted octanol–water partition coefficient (Wildman–Crippen LogP) is 3.68. The van der Waals surface area contributed by atoms with Gasteiger partial charge in [0, 0.05) is 10.4 Å². The van der Waals surface area contributed by atoms with E-state index in [0.717, 1.165) is 41.7 Å². The molecule has 7 heteroatoms. The third-order valence-electron chi connectivity index (χ3n) is 4.31. The van der Waals surface area contributed by atoms with Crippen molar-refractivity contribution in [1.82, 2.24) is 5.32 Å². The summed E-state index contributed by atoms with van der Waals surface area (Å²) < 4.78 is 4.51. The summed E-state index contributed by atoms with van der Waals surface area (Å²) in [7, 11) is 1.20. The van der Waals surface area contributed by atoms with Crippen LogP contribution >= 0.6 is 11.3 Å². The summed E-state index contributed by atoms with van der Waals surface area (Å²) in [5.74, 6) is -0.824. The fourth-order valence-electron chi connectivity index (χ4n) is 3.06. The average molecular weight is 372 g/mol. The minimum Gasteiger partial charge on any atom is -0.453 e. The quantitative estimate of drug-likeness (QED) is 0.861. The van der Waals surface area contributed by atoms with Crippen molar-refractivity contribution in [1.29, 1.82) is 0 Å². The van der Waals surface area contributed by atoms with Gasteiger partial charge in [0.25, 0.3) is 11.8 Å². The Kier molecular flexibility index (Phi) is 5.37. The third kappa shape index (κ3) is 3.77. The molecule has 0 radical (unpaired) electrons. The number of hydrogen-bond acceptors (Lipinski definition) is 5. The van der Waals surface area contributed by atoms with E-state index >= 15 is 0 Å². The first-order valence-electron chi connectivity index (χ1n) is 8.41. The second-order valence-corrected chi connectivity index (χ2v) is 7.29. The van der Waals surface area contributed by atoms with Crippen LogP contribution in [-0.4, -0.2) is 25.0 Å². The van der Waals surface area contributed by atoms with Gasteiger partial charge in [-0.2, -0.15) is 0 Å². The molecule has 1 aromatic carbocycles. The minimum absolute atomic E-state index is 0.278. The summed E-state index contributed by atoms with van der Waals surface area (Å²) in [4.78, 5) is 37.7. The topological polar surface area (TPSA) is 84.5 Å². The first-order valence-corrected chi connectivity index (χ1v) is 9.23. The molecule has 0 atom stereocenters. The molecule has 0 bridgehead atoms. The van der Waals surface area contributed by atoms with Gasteiger partial charge >= 0.3 is 6.09 Å². The van der Waals surface area contributed by atoms with Crippen molar-refractivity contribution in [2.75, 3.05) is 12.4 Å². The molecule has 0 fully saturated rings. The van der Waals surface area contributed by atoms with Gasteiger partial charge in [-0.25, -0.2) is 4.79 Å². The Morgan fingerprint density at radius 2 is 1.88 bits per heavy atom. The van der Waals surface area contributed by atoms with E-state index in [2.05, 4.69) is 15.4 Å². The maximum atomic E-state index is 12.6. The van der Waals surface area contributed by atoms with Crippen LogP contribution in [0.15, 0.2) is 24.3 Å². The van der Waals surface area contributed by atoms with Crippen LogP contribution in [-0.2, 0) is 17.6 Å². The number of benzene rings is 1. The molecule has 0 aliphatic heterocycles. The number of carbonyl (C=O) groups is 3. The van der Waals surface area contributed by atoms with Crippen LogP contribution in [0.4, 0.5) is 9.80 Å². The standard InChI is InChI=1S/C19H20N2O4S/c1-11-6-5-7-12(10-11)16(22)20-18-15(17(23)21-19(24)25-2)13-8-3-4-9-14(13)26-18/h5-7,10H,3-4,8-9H2,1-2H3,(H,20,22)(H,21,23,24). The van der Waals surface area contributed by atoms with Crippen molar-refractivity contribution in [3.05, 3.63) is 51.4 Å². The molecule has 0 unspecified atom stereocenters. The lowest BCUT2D eigenvalue weighted by molar-refractivity contribution is 0.0937. The zero-order valence-electron chi connectivity index (χ0n) is 14.7. The van der Waals surface area contributed by atoms with Crippen molar-refractivity contribution in [2.45, 2.75) is 32.6 Å². The molecule has 1 heterocycles. The van der Waals surface area contributed by atoms with Crippen LogP contribution in [0.2, 0.25) is 0 Å². The maximum absolute atomic E-state index is 12.6. The molecular weight excluding hydrogens is 352 g/mol. The molecule has 0 saturated carbocycles. The molecule has 3 rings (SSSR count). The molecule has 2 N–H and O–H groups in total. The van der Waals surface area contributed by atoms with Crippen LogP contribution in [0.25, 0.3) is 0 Å². The predicted molar refractivity (Wildman–Crippen MR) is 100.0 cm³/mol. The Morgan fingerprint density at radius 1 is 1.12 bits per heavy atom. The first-order chi connectivity index (χ1) is 12.5. The number of rotatable bonds is 3. The average Bonchev–Trinajstić information content (AvgIpc) is 2.99. The van der Waals surface area contributed by atoms with Gasteiger partial charge in [-0.1, -0.05) is 17.7 Å². The summed E-state index contributed by atoms with van der Waals surface area (Å²) in [6.45, 7) is 1.91. The number of aryl methyl sites for hydroxylation is 2. The van der Waals surface area contributed by atoms with Gasteiger partial charge in [-0.05, 0) is 50.3 Å². The van der Waals surface area contributed by atoms with E-state index < -0.39 is 12.0 Å². The fourth-order valence-corrected chi connectivity index (χ4v) is 4.34. The highest BCUT2D eigenvalue weighted by atomic mass is 32.1. The Morgan fingerprint density at radius 3 is 2.62 bits per heavy atom. The number of methoxy groups -OCH3 is 1. The molecule has 136 valence electrons. The molecule has 1 aromatic heterocycles. The van der Waals surface area contributed by atoms with Gasteiger partial charge in [0.15, 0.2) is 0 Å². The molecule has 3 amide bonds. The SMILES string of the molecule is COC(=O)NC(=O)c1c(NC(=O)c2cccc(C)c2)sc2c1CCCC2. The third-order valence-corrected chi connectivity index (χ3v) is 5.51. The lowest BCUT2D eigenvalue weighted by Gasteiger charge is -2.12. The number of amides is 3. The molecule has 2 aromatic rings. The summed E-state index contributed by atoms with van der Waals surface area (Å²) in [5.41, 5.74) is 2.79. The lowest BCUT2D eigenvalue weighted by atomic mass is 9.95. The minimum atomic E-state index is -0.818. The van der Waals surface area contributed by atoms with Gasteiger partial charge in [0.05, 0.1) is 12.7 Å². The van der Waals surface area contributed by atoms with E-state index in [1.807, 2.05) is 19.1 Å². The summed E-state index contributed by atoms with van der Waals surface area (Å²) in [6.07, 6.45) is 2.85. The maximum Gasteiger partial charge on any atom is 0.413 e. The van der Waals surface area contributed by atoms with Crippen LogP contribution in [0.5, 0.6) is 0 Å². The van der Waals surface area contributed by atoms with Gasteiger partial charge in [-0.15, -0.1) is 11.3 Å². The molecule has 1 aliphatic carbocycles. The highest BCUT2D eigenvalue weighted by Crippen LogP contribution is 2.38. The molecule has 1 aliphatic rings. The number of imide groups is 1.